The van der Waals surface area contributed by atoms with Crippen LogP contribution in [0.3, 0.4) is 0 Å². The Labute approximate surface area is 199 Å². The van der Waals surface area contributed by atoms with Gasteiger partial charge in [-0.15, -0.1) is 0 Å². The molecule has 1 aromatic rings. The Morgan fingerprint density at radius 3 is 1.30 bits per heavy atom. The van der Waals surface area contributed by atoms with Crippen LogP contribution in [0, 0.1) is 0 Å². The maximum Gasteiger partial charge on any atom is 0.226 e. The largest absolute Gasteiger partial charge is 0.377 e. The van der Waals surface area contributed by atoms with Gasteiger partial charge >= 0.3 is 0 Å². The van der Waals surface area contributed by atoms with Gasteiger partial charge in [0, 0.05) is 6.42 Å². The lowest BCUT2D eigenvalue weighted by atomic mass is 10.0. The van der Waals surface area contributed by atoms with Gasteiger partial charge in [0.2, 0.25) is 23.8 Å². The van der Waals surface area contributed by atoms with E-state index in [1.165, 1.54) is 83.5 Å². The molecule has 0 radical (unpaired) electrons. The molecule has 0 saturated heterocycles. The molecule has 1 heterocycles. The van der Waals surface area contributed by atoms with E-state index >= 15 is 0 Å². The maximum absolute atomic E-state index is 11.1. The van der Waals surface area contributed by atoms with E-state index in [2.05, 4.69) is 27.2 Å². The molecule has 1 rings (SSSR count). The van der Waals surface area contributed by atoms with Crippen LogP contribution in [0.5, 0.6) is 0 Å². The zero-order valence-corrected chi connectivity index (χ0v) is 20.6. The Hall–Kier alpha value is -2.49. The predicted octanol–water partition coefficient (Wildman–Crippen LogP) is 3.75. The minimum Gasteiger partial charge on any atom is -0.377 e. The molecule has 1 amide bonds. The van der Waals surface area contributed by atoms with Gasteiger partial charge in [0.25, 0.3) is 0 Å². The van der Waals surface area contributed by atoms with Gasteiger partial charge in [-0.3, -0.25) is 4.79 Å². The monoisotopic (exact) mass is 469 g/mol. The Morgan fingerprint density at radius 2 is 1.00 bits per heavy atom. The number of aliphatic hydroxyl groups is 1. The fourth-order valence-corrected chi connectivity index (χ4v) is 3.26. The highest BCUT2D eigenvalue weighted by molar-refractivity contribution is 5.75. The van der Waals surface area contributed by atoms with Gasteiger partial charge in [-0.1, -0.05) is 96.8 Å². The van der Waals surface area contributed by atoms with Crippen molar-refractivity contribution in [3.8, 4) is 0 Å². The standard InChI is InChI=1S/C19H39NO2.C3H6N6.CH2O/c1-2-3-4-5-6-7-8-9-10-11-12-13-14-15-16-17-19(22)20-18-21;4-1-7-2(5)9-3(6)8-1;1-2/h21H,2-18H2,1H3,(H,20,22);(H6,4,5,6,7,8,9);1H2. The lowest BCUT2D eigenvalue weighted by Crippen LogP contribution is -2.23. The second-order valence-corrected chi connectivity index (χ2v) is 7.87. The van der Waals surface area contributed by atoms with Crippen LogP contribution in [0.1, 0.15) is 110 Å². The lowest BCUT2D eigenvalue weighted by molar-refractivity contribution is -0.122. The van der Waals surface area contributed by atoms with Crippen molar-refractivity contribution in [1.82, 2.24) is 20.3 Å². The summed E-state index contributed by atoms with van der Waals surface area (Å²) in [5, 5.41) is 10.9. The van der Waals surface area contributed by atoms with E-state index in [1.807, 2.05) is 6.79 Å². The van der Waals surface area contributed by atoms with Crippen molar-refractivity contribution in [3.05, 3.63) is 0 Å². The number of carbonyl (C=O) groups excluding carboxylic acids is 2. The highest BCUT2D eigenvalue weighted by Gasteiger charge is 1.99. The van der Waals surface area contributed by atoms with Crippen LogP contribution in [0.25, 0.3) is 0 Å². The molecule has 192 valence electrons. The summed E-state index contributed by atoms with van der Waals surface area (Å²) in [5.41, 5.74) is 15.4. The van der Waals surface area contributed by atoms with Crippen LogP contribution in [0.15, 0.2) is 0 Å². The first-order valence-electron chi connectivity index (χ1n) is 12.2. The molecular weight excluding hydrogens is 422 g/mol. The SMILES string of the molecule is C=O.CCCCCCCCCCCCCCCCCC(=O)NCO.Nc1nc(N)nc(N)n1. The molecule has 0 atom stereocenters. The van der Waals surface area contributed by atoms with E-state index in [1.54, 1.807) is 0 Å². The third kappa shape index (κ3) is 25.6. The highest BCUT2D eigenvalue weighted by Crippen LogP contribution is 2.13. The van der Waals surface area contributed by atoms with Crippen LogP contribution in [0.4, 0.5) is 17.8 Å². The predicted molar refractivity (Wildman–Crippen MR) is 135 cm³/mol. The molecule has 0 aliphatic rings. The first kappa shape index (κ1) is 32.7. The maximum atomic E-state index is 11.1. The summed E-state index contributed by atoms with van der Waals surface area (Å²) in [6.07, 6.45) is 20.6. The zero-order chi connectivity index (χ0) is 25.2. The van der Waals surface area contributed by atoms with E-state index in [9.17, 15) is 4.79 Å². The van der Waals surface area contributed by atoms with Gasteiger partial charge in [0.1, 0.15) is 13.5 Å². The number of nitrogens with zero attached hydrogens (tertiary/aromatic N) is 3. The van der Waals surface area contributed by atoms with Gasteiger partial charge in [-0.2, -0.15) is 15.0 Å². The lowest BCUT2D eigenvalue weighted by Gasteiger charge is -2.03. The van der Waals surface area contributed by atoms with Crippen molar-refractivity contribution in [2.45, 2.75) is 110 Å². The Balaban J connectivity index is 0. The molecule has 10 nitrogen and oxygen atoms in total. The zero-order valence-electron chi connectivity index (χ0n) is 20.6. The minimum absolute atomic E-state index is 0.0304. The van der Waals surface area contributed by atoms with Gasteiger partial charge in [0.15, 0.2) is 0 Å². The molecule has 0 saturated carbocycles. The molecule has 0 bridgehead atoms. The van der Waals surface area contributed by atoms with Crippen molar-refractivity contribution < 1.29 is 14.7 Å². The summed E-state index contributed by atoms with van der Waals surface area (Å²) in [4.78, 5) is 29.6. The number of hydrogen-bond acceptors (Lipinski definition) is 9. The number of amides is 1. The summed E-state index contributed by atoms with van der Waals surface area (Å²) in [6.45, 7) is 4.03. The fraction of sp³-hybridized carbons (Fsp3) is 0.783. The van der Waals surface area contributed by atoms with Gasteiger partial charge in [0.05, 0.1) is 0 Å². The summed E-state index contributed by atoms with van der Waals surface area (Å²) >= 11 is 0. The molecule has 0 aliphatic heterocycles. The van der Waals surface area contributed by atoms with Crippen molar-refractivity contribution in [2.75, 3.05) is 23.9 Å². The molecule has 10 heteroatoms. The fourth-order valence-electron chi connectivity index (χ4n) is 3.26. The minimum atomic E-state index is -0.239. The summed E-state index contributed by atoms with van der Waals surface area (Å²) in [6, 6.07) is 0. The van der Waals surface area contributed by atoms with Crippen molar-refractivity contribution in [3.63, 3.8) is 0 Å². The molecule has 1 aromatic heterocycles. The number of nitrogens with two attached hydrogens (primary N) is 3. The average Bonchev–Trinajstić information content (AvgIpc) is 2.77. The normalized spacial score (nSPS) is 9.88. The topological polar surface area (TPSA) is 183 Å². The van der Waals surface area contributed by atoms with Gasteiger partial charge < -0.3 is 32.4 Å². The number of rotatable bonds is 17. The van der Waals surface area contributed by atoms with E-state index in [-0.39, 0.29) is 30.5 Å². The van der Waals surface area contributed by atoms with Gasteiger partial charge in [-0.05, 0) is 6.42 Å². The summed E-state index contributed by atoms with van der Waals surface area (Å²) < 4.78 is 0. The summed E-state index contributed by atoms with van der Waals surface area (Å²) in [5.74, 6) is 0.0946. The first-order valence-corrected chi connectivity index (χ1v) is 12.2. The number of aliphatic hydroxyl groups excluding tert-OH is 1. The summed E-state index contributed by atoms with van der Waals surface area (Å²) in [7, 11) is 0. The Morgan fingerprint density at radius 1 is 0.697 bits per heavy atom. The van der Waals surface area contributed by atoms with Crippen molar-refractivity contribution in [1.29, 1.82) is 0 Å². The second-order valence-electron chi connectivity index (χ2n) is 7.87. The Kier molecular flexibility index (Phi) is 25.5. The number of carbonyl (C=O) groups is 2. The average molecular weight is 470 g/mol. The highest BCUT2D eigenvalue weighted by atomic mass is 16.3. The van der Waals surface area contributed by atoms with E-state index in [0.717, 1.165) is 12.8 Å². The smallest absolute Gasteiger partial charge is 0.226 e. The number of nitrogens with one attached hydrogen (secondary N) is 1. The molecule has 0 aliphatic carbocycles. The molecular formula is C23H47N7O3. The molecule has 8 N–H and O–H groups in total. The van der Waals surface area contributed by atoms with Crippen LogP contribution < -0.4 is 22.5 Å². The second kappa shape index (κ2) is 25.8. The van der Waals surface area contributed by atoms with Crippen molar-refractivity contribution in [2.24, 2.45) is 0 Å². The number of nitrogen functional groups attached to an aromatic ring is 3. The third-order valence-corrected chi connectivity index (χ3v) is 4.97. The van der Waals surface area contributed by atoms with Crippen LogP contribution in [0.2, 0.25) is 0 Å². The molecule has 0 spiro atoms. The molecule has 33 heavy (non-hydrogen) atoms. The number of unbranched alkanes of at least 4 members (excludes halogenated alkanes) is 14. The Bertz CT molecular complexity index is 527. The van der Waals surface area contributed by atoms with Crippen molar-refractivity contribution >= 4 is 30.5 Å². The third-order valence-electron chi connectivity index (χ3n) is 4.97. The van der Waals surface area contributed by atoms with Crippen LogP contribution in [-0.4, -0.2) is 39.5 Å². The number of anilines is 3. The molecule has 0 unspecified atom stereocenters. The van der Waals surface area contributed by atoms with Crippen LogP contribution in [-0.2, 0) is 9.59 Å². The van der Waals surface area contributed by atoms with E-state index in [4.69, 9.17) is 27.1 Å². The van der Waals surface area contributed by atoms with Crippen LogP contribution >= 0.6 is 0 Å². The van der Waals surface area contributed by atoms with E-state index in [0.29, 0.717) is 6.42 Å². The molecule has 0 aromatic carbocycles. The first-order chi connectivity index (χ1) is 16.0. The number of hydrogen-bond donors (Lipinski definition) is 5. The van der Waals surface area contributed by atoms with Gasteiger partial charge in [-0.25, -0.2) is 0 Å². The quantitative estimate of drug-likeness (QED) is 0.167. The van der Waals surface area contributed by atoms with E-state index < -0.39 is 0 Å². The molecule has 0 fully saturated rings. The number of aromatic nitrogens is 3.